The molecule has 0 spiro atoms. The van der Waals surface area contributed by atoms with Crippen LogP contribution in [0.5, 0.6) is 11.5 Å². The van der Waals surface area contributed by atoms with Gasteiger partial charge in [0.05, 0.1) is 51.3 Å². The third kappa shape index (κ3) is 12.1. The minimum atomic E-state index is -1.52. The number of unbranched alkanes of at least 4 members (excludes halogenated alkanes) is 2. The van der Waals surface area contributed by atoms with Crippen molar-refractivity contribution in [3.8, 4) is 11.5 Å². The van der Waals surface area contributed by atoms with Crippen LogP contribution in [0.15, 0.2) is 102 Å². The van der Waals surface area contributed by atoms with Crippen molar-refractivity contribution in [2.75, 3.05) is 66.0 Å². The highest BCUT2D eigenvalue weighted by molar-refractivity contribution is 6.03. The van der Waals surface area contributed by atoms with Crippen molar-refractivity contribution in [3.63, 3.8) is 0 Å². The van der Waals surface area contributed by atoms with Gasteiger partial charge in [-0.2, -0.15) is 0 Å². The maximum atomic E-state index is 14.8. The van der Waals surface area contributed by atoms with E-state index in [1.807, 2.05) is 49.4 Å². The Morgan fingerprint density at radius 1 is 0.922 bits per heavy atom. The highest BCUT2D eigenvalue weighted by atomic mass is 19.1. The van der Waals surface area contributed by atoms with Crippen LogP contribution in [0.25, 0.3) is 0 Å². The molecule has 3 N–H and O–H groups in total. The van der Waals surface area contributed by atoms with E-state index in [1.165, 1.54) is 6.07 Å². The molecule has 13 nitrogen and oxygen atoms in total. The molecule has 0 saturated heterocycles. The second kappa shape index (κ2) is 25.0. The molecule has 6 unspecified atom stereocenters. The first-order chi connectivity index (χ1) is 31.4. The van der Waals surface area contributed by atoms with Crippen LogP contribution in [0.2, 0.25) is 0 Å². The standard InChI is InChI=1S/C50H65FN2O11/c1-3-26-62-50-46(53(22-27-58-28-25-56)49(57)60-30-29-59-34-36-14-6-5-7-15-36)33-44(52-63-4-2)41-31-37(16-10-12-23-54)40(18-11-13-24-55)47(48(41)50)42-32-39(20-21-45(42)64-50)61-35-38-17-8-9-19-43(38)51/h3,5-9,14-15,17,19-21,31-32,37,40,46-48,54-56H,1,4,10-13,16,18,22-30,33-35H2,2H3. The molecule has 1 aliphatic heterocycles. The van der Waals surface area contributed by atoms with Gasteiger partial charge in [0.2, 0.25) is 5.79 Å². The number of rotatable bonds is 27. The highest BCUT2D eigenvalue weighted by Gasteiger charge is 2.65. The van der Waals surface area contributed by atoms with Crippen LogP contribution in [0, 0.1) is 23.6 Å². The number of benzene rings is 3. The molecular weight excluding hydrogens is 824 g/mol. The van der Waals surface area contributed by atoms with Gasteiger partial charge in [-0.1, -0.05) is 78.7 Å². The first kappa shape index (κ1) is 48.6. The lowest BCUT2D eigenvalue weighted by molar-refractivity contribution is -0.256. The van der Waals surface area contributed by atoms with Crippen molar-refractivity contribution in [1.82, 2.24) is 4.90 Å². The van der Waals surface area contributed by atoms with E-state index in [0.29, 0.717) is 48.8 Å². The molecule has 3 aliphatic rings. The van der Waals surface area contributed by atoms with Crippen LogP contribution in [0.3, 0.4) is 0 Å². The number of oxime groups is 1. The summed E-state index contributed by atoms with van der Waals surface area (Å²) in [4.78, 5) is 22.0. The zero-order valence-corrected chi connectivity index (χ0v) is 37.0. The van der Waals surface area contributed by atoms with E-state index in [4.69, 9.17) is 38.4 Å². The quantitative estimate of drug-likeness (QED) is 0.0391. The number of aliphatic hydroxyl groups excluding tert-OH is 3. The fourth-order valence-corrected chi connectivity index (χ4v) is 9.40. The van der Waals surface area contributed by atoms with Gasteiger partial charge in [0.25, 0.3) is 0 Å². The molecule has 14 heteroatoms. The predicted molar refractivity (Wildman–Crippen MR) is 239 cm³/mol. The Labute approximate surface area is 376 Å². The summed E-state index contributed by atoms with van der Waals surface area (Å²) < 4.78 is 52.9. The van der Waals surface area contributed by atoms with Gasteiger partial charge in [0.1, 0.15) is 43.2 Å². The summed E-state index contributed by atoms with van der Waals surface area (Å²) in [6.45, 7) is 6.92. The Morgan fingerprint density at radius 2 is 1.70 bits per heavy atom. The molecule has 1 saturated carbocycles. The van der Waals surface area contributed by atoms with Crippen molar-refractivity contribution in [2.45, 2.75) is 82.8 Å². The molecule has 0 aromatic heterocycles. The maximum absolute atomic E-state index is 14.8. The Kier molecular flexibility index (Phi) is 19.0. The number of aliphatic hydroxyl groups is 3. The molecule has 6 rings (SSSR count). The average Bonchev–Trinajstić information content (AvgIpc) is 3.31. The summed E-state index contributed by atoms with van der Waals surface area (Å²) in [7, 11) is 0. The van der Waals surface area contributed by atoms with Gasteiger partial charge in [-0.3, -0.25) is 4.90 Å². The number of ether oxygens (including phenoxy) is 6. The van der Waals surface area contributed by atoms with Crippen LogP contribution < -0.4 is 9.47 Å². The second-order valence-electron chi connectivity index (χ2n) is 16.3. The molecule has 6 atom stereocenters. The summed E-state index contributed by atoms with van der Waals surface area (Å²) in [6.07, 6.45) is 7.80. The van der Waals surface area contributed by atoms with Crippen molar-refractivity contribution < 1.29 is 57.8 Å². The number of allylic oxidation sites excluding steroid dienone is 1. The second-order valence-corrected chi connectivity index (χ2v) is 16.3. The molecule has 0 bridgehead atoms. The number of halogens is 1. The number of hydrogen-bond acceptors (Lipinski definition) is 12. The Balaban J connectivity index is 1.46. The highest BCUT2D eigenvalue weighted by Crippen LogP contribution is 2.62. The number of fused-ring (bicyclic) bond motifs is 2. The number of hydrogen-bond donors (Lipinski definition) is 3. The predicted octanol–water partition coefficient (Wildman–Crippen LogP) is 7.72. The van der Waals surface area contributed by atoms with Gasteiger partial charge in [-0.05, 0) is 79.8 Å². The molecule has 0 radical (unpaired) electrons. The lowest BCUT2D eigenvalue weighted by Crippen LogP contribution is -2.70. The van der Waals surface area contributed by atoms with Gasteiger partial charge in [0, 0.05) is 43.2 Å². The molecule has 3 aromatic rings. The van der Waals surface area contributed by atoms with Crippen LogP contribution in [0.1, 0.15) is 74.5 Å². The van der Waals surface area contributed by atoms with Crippen molar-refractivity contribution in [2.24, 2.45) is 22.9 Å². The lowest BCUT2D eigenvalue weighted by Gasteiger charge is -2.59. The molecule has 2 aliphatic carbocycles. The minimum Gasteiger partial charge on any atom is -0.489 e. The minimum absolute atomic E-state index is 0.0155. The topological polar surface area (TPSA) is 158 Å². The van der Waals surface area contributed by atoms with E-state index in [-0.39, 0.29) is 96.0 Å². The van der Waals surface area contributed by atoms with Crippen molar-refractivity contribution in [3.05, 3.63) is 120 Å². The van der Waals surface area contributed by atoms with E-state index >= 15 is 0 Å². The normalized spacial score (nSPS) is 22.7. The van der Waals surface area contributed by atoms with Crippen molar-refractivity contribution >= 4 is 11.8 Å². The monoisotopic (exact) mass is 888 g/mol. The van der Waals surface area contributed by atoms with Gasteiger partial charge < -0.3 is 48.6 Å². The van der Waals surface area contributed by atoms with Gasteiger partial charge in [-0.25, -0.2) is 9.18 Å². The SMILES string of the molecule is C=CCOC12Oc3ccc(OCc4ccccc4F)cc3C3C(CCCCO)C(CCCCO)C=C(C(=NOCC)CC1N(CCOCCO)C(=O)OCCOCc1ccccc1)C32. The summed E-state index contributed by atoms with van der Waals surface area (Å²) in [5, 5.41) is 34.1. The summed E-state index contributed by atoms with van der Waals surface area (Å²) in [5.74, 6) is -1.66. The van der Waals surface area contributed by atoms with E-state index in [2.05, 4.69) is 12.7 Å². The number of nitrogens with zero attached hydrogens (tertiary/aromatic N) is 2. The molecule has 3 aromatic carbocycles. The fourth-order valence-electron chi connectivity index (χ4n) is 9.40. The van der Waals surface area contributed by atoms with Crippen molar-refractivity contribution in [1.29, 1.82) is 0 Å². The van der Waals surface area contributed by atoms with Crippen LogP contribution in [-0.2, 0) is 37.0 Å². The zero-order chi connectivity index (χ0) is 45.2. The van der Waals surface area contributed by atoms with Crippen LogP contribution in [0.4, 0.5) is 9.18 Å². The van der Waals surface area contributed by atoms with Gasteiger partial charge in [-0.15, -0.1) is 6.58 Å². The van der Waals surface area contributed by atoms with E-state index < -0.39 is 23.8 Å². The Hall–Kier alpha value is -4.83. The maximum Gasteiger partial charge on any atom is 0.410 e. The summed E-state index contributed by atoms with van der Waals surface area (Å²) in [5.41, 5.74) is 3.81. The third-order valence-corrected chi connectivity index (χ3v) is 12.2. The van der Waals surface area contributed by atoms with Crippen LogP contribution in [-0.4, -0.2) is 110 Å². The zero-order valence-electron chi connectivity index (χ0n) is 37.0. The fraction of sp³-hybridized carbons (Fsp3) is 0.520. The average molecular weight is 889 g/mol. The summed E-state index contributed by atoms with van der Waals surface area (Å²) in [6, 6.07) is 21.0. The third-order valence-electron chi connectivity index (χ3n) is 12.2. The smallest absolute Gasteiger partial charge is 0.410 e. The molecule has 1 fully saturated rings. The summed E-state index contributed by atoms with van der Waals surface area (Å²) >= 11 is 0. The number of amides is 1. The van der Waals surface area contributed by atoms with E-state index in [9.17, 15) is 24.5 Å². The molecule has 1 amide bonds. The number of carbonyl (C=O) groups is 1. The van der Waals surface area contributed by atoms with Crippen LogP contribution >= 0.6 is 0 Å². The number of carbonyl (C=O) groups excluding carboxylic acids is 1. The Morgan fingerprint density at radius 3 is 2.45 bits per heavy atom. The molecular formula is C50H65FN2O11. The lowest BCUT2D eigenvalue weighted by atomic mass is 9.55. The first-order valence-electron chi connectivity index (χ1n) is 22.7. The largest absolute Gasteiger partial charge is 0.489 e. The van der Waals surface area contributed by atoms with E-state index in [0.717, 1.165) is 42.4 Å². The molecule has 1 heterocycles. The van der Waals surface area contributed by atoms with E-state index in [1.54, 1.807) is 35.2 Å². The van der Waals surface area contributed by atoms with Gasteiger partial charge >= 0.3 is 6.09 Å². The van der Waals surface area contributed by atoms with Gasteiger partial charge in [0.15, 0.2) is 0 Å². The molecule has 64 heavy (non-hydrogen) atoms. The Bertz CT molecular complexity index is 1980. The molecule has 348 valence electrons. The first-order valence-corrected chi connectivity index (χ1v) is 22.7.